The molecule has 126 valence electrons. The number of hydrogen-bond acceptors (Lipinski definition) is 6. The molecule has 0 spiro atoms. The number of nitrogens with one attached hydrogen (secondary N) is 1. The summed E-state index contributed by atoms with van der Waals surface area (Å²) in [6.07, 6.45) is 0. The summed E-state index contributed by atoms with van der Waals surface area (Å²) in [4.78, 5) is 22.0. The van der Waals surface area contributed by atoms with Crippen molar-refractivity contribution < 1.29 is 28.0 Å². The van der Waals surface area contributed by atoms with E-state index in [0.717, 1.165) is 19.2 Å². The van der Waals surface area contributed by atoms with E-state index in [1.54, 1.807) is 12.1 Å². The van der Waals surface area contributed by atoms with Crippen LogP contribution in [0.3, 0.4) is 0 Å². The quantitative estimate of drug-likeness (QED) is 0.354. The van der Waals surface area contributed by atoms with Gasteiger partial charge >= 0.3 is 5.97 Å². The summed E-state index contributed by atoms with van der Waals surface area (Å²) in [6.45, 7) is 0. The molecule has 0 aliphatic carbocycles. The number of nitro groups is 1. The smallest absolute Gasteiger partial charge is 0.345 e. The van der Waals surface area contributed by atoms with Gasteiger partial charge in [0.05, 0.1) is 17.7 Å². The van der Waals surface area contributed by atoms with Crippen molar-refractivity contribution in [1.82, 2.24) is 0 Å². The van der Waals surface area contributed by atoms with E-state index < -0.39 is 27.8 Å². The number of nitrogens with zero attached hydrogens (tertiary/aromatic N) is 1. The van der Waals surface area contributed by atoms with Crippen LogP contribution in [0.4, 0.5) is 11.4 Å². The average Bonchev–Trinajstić information content (AvgIpc) is 2.55. The lowest BCUT2D eigenvalue weighted by Gasteiger charge is -2.11. The van der Waals surface area contributed by atoms with Gasteiger partial charge < -0.3 is 9.47 Å². The van der Waals surface area contributed by atoms with Crippen LogP contribution in [-0.4, -0.2) is 26.8 Å². The van der Waals surface area contributed by atoms with E-state index in [0.29, 0.717) is 0 Å². The van der Waals surface area contributed by atoms with Gasteiger partial charge in [-0.2, -0.15) is 0 Å². The Morgan fingerprint density at radius 3 is 2.62 bits per heavy atom. The fourth-order valence-electron chi connectivity index (χ4n) is 1.87. The van der Waals surface area contributed by atoms with E-state index in [2.05, 4.69) is 9.46 Å². The van der Waals surface area contributed by atoms with Crippen LogP contribution in [0.2, 0.25) is 0 Å². The van der Waals surface area contributed by atoms with E-state index in [1.165, 1.54) is 18.2 Å². The summed E-state index contributed by atoms with van der Waals surface area (Å²) < 4.78 is 32.1. The van der Waals surface area contributed by atoms with Gasteiger partial charge in [-0.25, -0.2) is 9.00 Å². The summed E-state index contributed by atoms with van der Waals surface area (Å²) in [7, 11) is 1.11. The molecular formula is C14H12N2O7S. The van der Waals surface area contributed by atoms with Crippen LogP contribution in [0, 0.1) is 10.1 Å². The normalized spacial score (nSPS) is 11.4. The van der Waals surface area contributed by atoms with Gasteiger partial charge in [0.1, 0.15) is 11.3 Å². The third-order valence-corrected chi connectivity index (χ3v) is 3.28. The van der Waals surface area contributed by atoms with Crippen LogP contribution in [0.5, 0.6) is 11.5 Å². The Morgan fingerprint density at radius 1 is 1.29 bits per heavy atom. The monoisotopic (exact) mass is 352 g/mol. The fourth-order valence-corrected chi connectivity index (χ4v) is 2.23. The highest BCUT2D eigenvalue weighted by Crippen LogP contribution is 2.32. The van der Waals surface area contributed by atoms with Crippen LogP contribution in [0.15, 0.2) is 42.5 Å². The first-order chi connectivity index (χ1) is 11.4. The molecule has 0 fully saturated rings. The minimum absolute atomic E-state index is 0.124. The lowest BCUT2D eigenvalue weighted by molar-refractivity contribution is -0.385. The maximum Gasteiger partial charge on any atom is 0.345 e. The third kappa shape index (κ3) is 4.06. The van der Waals surface area contributed by atoms with E-state index in [1.807, 2.05) is 0 Å². The van der Waals surface area contributed by atoms with E-state index in [-0.39, 0.29) is 22.7 Å². The lowest BCUT2D eigenvalue weighted by Crippen LogP contribution is -2.06. The second-order valence-corrected chi connectivity index (χ2v) is 5.08. The van der Waals surface area contributed by atoms with Crippen molar-refractivity contribution in [3.63, 3.8) is 0 Å². The molecule has 2 N–H and O–H groups in total. The van der Waals surface area contributed by atoms with Gasteiger partial charge in [-0.3, -0.25) is 19.4 Å². The van der Waals surface area contributed by atoms with Gasteiger partial charge in [0, 0.05) is 12.1 Å². The fraction of sp³-hybridized carbons (Fsp3) is 0.0714. The number of hydrogen-bond donors (Lipinski definition) is 2. The molecule has 9 nitrogen and oxygen atoms in total. The Hall–Kier alpha value is -2.98. The Bertz CT molecular complexity index is 809. The summed E-state index contributed by atoms with van der Waals surface area (Å²) in [5, 5.41) is 11.0. The van der Waals surface area contributed by atoms with Crippen LogP contribution >= 0.6 is 0 Å². The van der Waals surface area contributed by atoms with Crippen molar-refractivity contribution in [2.45, 2.75) is 0 Å². The topological polar surface area (TPSA) is 128 Å². The van der Waals surface area contributed by atoms with Crippen molar-refractivity contribution >= 4 is 28.6 Å². The van der Waals surface area contributed by atoms with Crippen LogP contribution < -0.4 is 9.46 Å². The number of esters is 1. The molecule has 2 aromatic rings. The number of carbonyl (C=O) groups is 1. The van der Waals surface area contributed by atoms with Crippen LogP contribution in [0.1, 0.15) is 10.4 Å². The Balaban J connectivity index is 2.39. The molecule has 2 rings (SSSR count). The standard InChI is InChI=1S/C14H12N2O7S/c1-22-14(17)10-8-9(6-7-12(10)16(18)19)23-13-5-3-2-4-11(13)15-24(20)21/h2-8,15H,1H3,(H,20,21). The lowest BCUT2D eigenvalue weighted by atomic mass is 10.1. The zero-order valence-electron chi connectivity index (χ0n) is 12.3. The molecule has 1 unspecified atom stereocenters. The number of benzene rings is 2. The van der Waals surface area contributed by atoms with E-state index >= 15 is 0 Å². The first-order valence-electron chi connectivity index (χ1n) is 6.43. The molecule has 0 heterocycles. The molecule has 0 aliphatic heterocycles. The van der Waals surface area contributed by atoms with E-state index in [9.17, 15) is 19.1 Å². The zero-order chi connectivity index (χ0) is 17.7. The van der Waals surface area contributed by atoms with Crippen molar-refractivity contribution in [3.05, 3.63) is 58.1 Å². The SMILES string of the molecule is COC(=O)c1cc(Oc2ccccc2NS(=O)O)ccc1[N+](=O)[O-]. The van der Waals surface area contributed by atoms with Crippen molar-refractivity contribution in [3.8, 4) is 11.5 Å². The van der Waals surface area contributed by atoms with Gasteiger partial charge in [-0.05, 0) is 18.2 Å². The molecule has 24 heavy (non-hydrogen) atoms. The zero-order valence-corrected chi connectivity index (χ0v) is 13.1. The number of para-hydroxylation sites is 2. The molecule has 10 heteroatoms. The number of carbonyl (C=O) groups excluding carboxylic acids is 1. The highest BCUT2D eigenvalue weighted by atomic mass is 32.2. The molecule has 0 saturated carbocycles. The highest BCUT2D eigenvalue weighted by Gasteiger charge is 2.22. The highest BCUT2D eigenvalue weighted by molar-refractivity contribution is 7.80. The molecule has 0 bridgehead atoms. The first kappa shape index (κ1) is 17.4. The number of nitro benzene ring substituents is 1. The summed E-state index contributed by atoms with van der Waals surface area (Å²) in [5.41, 5.74) is -0.454. The predicted octanol–water partition coefficient (Wildman–Crippen LogP) is 2.72. The minimum Gasteiger partial charge on any atom is -0.465 e. The molecular weight excluding hydrogens is 340 g/mol. The third-order valence-electron chi connectivity index (χ3n) is 2.88. The Labute approximate surface area is 138 Å². The molecule has 0 saturated heterocycles. The van der Waals surface area contributed by atoms with E-state index in [4.69, 9.17) is 9.29 Å². The van der Waals surface area contributed by atoms with Crippen molar-refractivity contribution in [2.75, 3.05) is 11.8 Å². The summed E-state index contributed by atoms with van der Waals surface area (Å²) >= 11 is -2.30. The minimum atomic E-state index is -2.30. The van der Waals surface area contributed by atoms with Crippen LogP contribution in [0.25, 0.3) is 0 Å². The average molecular weight is 352 g/mol. The first-order valence-corrected chi connectivity index (χ1v) is 7.54. The molecule has 0 aliphatic rings. The van der Waals surface area contributed by atoms with Crippen LogP contribution in [-0.2, 0) is 16.0 Å². The Morgan fingerprint density at radius 2 is 2.00 bits per heavy atom. The largest absolute Gasteiger partial charge is 0.465 e. The van der Waals surface area contributed by atoms with Gasteiger partial charge in [0.15, 0.2) is 5.75 Å². The molecule has 0 aromatic heterocycles. The maximum absolute atomic E-state index is 11.7. The molecule has 1 atom stereocenters. The summed E-state index contributed by atoms with van der Waals surface area (Å²) in [6, 6.07) is 9.87. The second kappa shape index (κ2) is 7.53. The Kier molecular flexibility index (Phi) is 5.45. The van der Waals surface area contributed by atoms with Crippen molar-refractivity contribution in [1.29, 1.82) is 0 Å². The van der Waals surface area contributed by atoms with Crippen molar-refractivity contribution in [2.24, 2.45) is 0 Å². The molecule has 0 radical (unpaired) electrons. The molecule has 0 amide bonds. The second-order valence-electron chi connectivity index (χ2n) is 4.38. The number of methoxy groups -OCH3 is 1. The maximum atomic E-state index is 11.7. The number of anilines is 1. The number of rotatable bonds is 6. The van der Waals surface area contributed by atoms with Gasteiger partial charge in [-0.15, -0.1) is 0 Å². The van der Waals surface area contributed by atoms with Gasteiger partial charge in [0.25, 0.3) is 17.0 Å². The number of ether oxygens (including phenoxy) is 2. The molecule has 2 aromatic carbocycles. The van der Waals surface area contributed by atoms with Gasteiger partial charge in [0.2, 0.25) is 0 Å². The van der Waals surface area contributed by atoms with Gasteiger partial charge in [-0.1, -0.05) is 12.1 Å². The summed E-state index contributed by atoms with van der Waals surface area (Å²) in [5.74, 6) is -0.557. The predicted molar refractivity (Wildman–Crippen MR) is 85.3 cm³/mol.